The van der Waals surface area contributed by atoms with Crippen molar-refractivity contribution in [3.8, 4) is 0 Å². The van der Waals surface area contributed by atoms with E-state index in [9.17, 15) is 25.0 Å². The lowest BCUT2D eigenvalue weighted by Crippen LogP contribution is -2.29. The maximum atomic E-state index is 11.9. The van der Waals surface area contributed by atoms with Crippen molar-refractivity contribution in [3.05, 3.63) is 57.1 Å². The van der Waals surface area contributed by atoms with Gasteiger partial charge in [0.1, 0.15) is 5.69 Å². The molecule has 2 rings (SSSR count). The molecule has 11 heteroatoms. The van der Waals surface area contributed by atoms with Crippen molar-refractivity contribution in [2.24, 2.45) is 0 Å². The Bertz CT molecular complexity index is 761. The molecule has 0 saturated heterocycles. The highest BCUT2D eigenvalue weighted by Crippen LogP contribution is 2.28. The Kier molecular flexibility index (Phi) is 6.12. The number of carbonyl (C=O) groups is 1. The number of amides is 1. The van der Waals surface area contributed by atoms with Crippen LogP contribution in [0.1, 0.15) is 6.42 Å². The first kappa shape index (κ1) is 18.0. The third kappa shape index (κ3) is 5.35. The van der Waals surface area contributed by atoms with Crippen LogP contribution < -0.4 is 10.6 Å². The van der Waals surface area contributed by atoms with Gasteiger partial charge in [-0.15, -0.1) is 0 Å². The van der Waals surface area contributed by atoms with Crippen LogP contribution in [-0.2, 0) is 11.3 Å². The van der Waals surface area contributed by atoms with E-state index in [0.29, 0.717) is 6.54 Å². The molecule has 1 amide bonds. The van der Waals surface area contributed by atoms with E-state index in [2.05, 4.69) is 15.6 Å². The lowest BCUT2D eigenvalue weighted by Gasteiger charge is -2.07. The van der Waals surface area contributed by atoms with Crippen LogP contribution in [0.25, 0.3) is 0 Å². The van der Waals surface area contributed by atoms with Crippen molar-refractivity contribution in [1.82, 2.24) is 14.9 Å². The van der Waals surface area contributed by atoms with Gasteiger partial charge in [0.15, 0.2) is 0 Å². The second-order valence-corrected chi connectivity index (χ2v) is 5.09. The Morgan fingerprint density at radius 1 is 1.24 bits per heavy atom. The molecule has 0 fully saturated rings. The summed E-state index contributed by atoms with van der Waals surface area (Å²) in [6.07, 6.45) is 5.99. The van der Waals surface area contributed by atoms with Crippen molar-refractivity contribution in [2.75, 3.05) is 18.4 Å². The standard InChI is InChI=1S/C14H16N6O5/c21-14(9-15-4-1-6-18-7-5-16-10-18)17-12-3-2-11(19(22)23)8-13(12)20(24)25/h2-3,5,7-8,10,15H,1,4,6,9H2,(H,17,21). The molecular formula is C14H16N6O5. The van der Waals surface area contributed by atoms with E-state index in [1.54, 1.807) is 12.5 Å². The van der Waals surface area contributed by atoms with Crippen LogP contribution in [0, 0.1) is 20.2 Å². The number of benzene rings is 1. The normalized spacial score (nSPS) is 10.4. The molecule has 0 spiro atoms. The summed E-state index contributed by atoms with van der Waals surface area (Å²) in [6, 6.07) is 3.06. The lowest BCUT2D eigenvalue weighted by atomic mass is 10.2. The Labute approximate surface area is 142 Å². The number of hydrogen-bond donors (Lipinski definition) is 2. The van der Waals surface area contributed by atoms with Gasteiger partial charge in [0.2, 0.25) is 5.91 Å². The maximum absolute atomic E-state index is 11.9. The quantitative estimate of drug-likeness (QED) is 0.395. The minimum Gasteiger partial charge on any atom is -0.337 e. The van der Waals surface area contributed by atoms with Crippen LogP contribution in [0.3, 0.4) is 0 Å². The number of aryl methyl sites for hydroxylation is 1. The predicted octanol–water partition coefficient (Wildman–Crippen LogP) is 1.32. The van der Waals surface area contributed by atoms with Crippen molar-refractivity contribution in [3.63, 3.8) is 0 Å². The van der Waals surface area contributed by atoms with Gasteiger partial charge in [0.25, 0.3) is 11.4 Å². The number of rotatable bonds is 9. The number of imidazole rings is 1. The van der Waals surface area contributed by atoms with Crippen molar-refractivity contribution >= 4 is 23.0 Å². The molecule has 0 aliphatic carbocycles. The fourth-order valence-electron chi connectivity index (χ4n) is 2.09. The topological polar surface area (TPSA) is 145 Å². The zero-order chi connectivity index (χ0) is 18.2. The van der Waals surface area contributed by atoms with E-state index in [-0.39, 0.29) is 12.2 Å². The molecule has 0 unspecified atom stereocenters. The Morgan fingerprint density at radius 2 is 2.04 bits per heavy atom. The van der Waals surface area contributed by atoms with E-state index < -0.39 is 27.1 Å². The molecule has 0 atom stereocenters. The number of hydrogen-bond acceptors (Lipinski definition) is 7. The first-order valence-corrected chi connectivity index (χ1v) is 7.36. The molecular weight excluding hydrogens is 332 g/mol. The number of non-ortho nitro benzene ring substituents is 1. The van der Waals surface area contributed by atoms with Gasteiger partial charge in [-0.05, 0) is 19.0 Å². The van der Waals surface area contributed by atoms with Gasteiger partial charge in [-0.1, -0.05) is 0 Å². The number of anilines is 1. The molecule has 1 aromatic carbocycles. The molecule has 0 radical (unpaired) electrons. The van der Waals surface area contributed by atoms with Gasteiger partial charge >= 0.3 is 0 Å². The number of nitro groups is 2. The Morgan fingerprint density at radius 3 is 2.68 bits per heavy atom. The SMILES string of the molecule is O=C(CNCCCn1ccnc1)Nc1ccc([N+](=O)[O-])cc1[N+](=O)[O-]. The zero-order valence-corrected chi connectivity index (χ0v) is 13.1. The molecule has 2 aromatic rings. The summed E-state index contributed by atoms with van der Waals surface area (Å²) in [7, 11) is 0. The first-order chi connectivity index (χ1) is 12.0. The van der Waals surface area contributed by atoms with E-state index in [1.165, 1.54) is 0 Å². The van der Waals surface area contributed by atoms with Crippen LogP contribution >= 0.6 is 0 Å². The number of carbonyl (C=O) groups excluding carboxylic acids is 1. The lowest BCUT2D eigenvalue weighted by molar-refractivity contribution is -0.393. The highest BCUT2D eigenvalue weighted by Gasteiger charge is 2.20. The average molecular weight is 348 g/mol. The summed E-state index contributed by atoms with van der Waals surface area (Å²) in [6.45, 7) is 1.30. The summed E-state index contributed by atoms with van der Waals surface area (Å²) in [4.78, 5) is 35.9. The highest BCUT2D eigenvalue weighted by atomic mass is 16.6. The summed E-state index contributed by atoms with van der Waals surface area (Å²) < 4.78 is 1.90. The van der Waals surface area contributed by atoms with Crippen LogP contribution in [0.15, 0.2) is 36.9 Å². The smallest absolute Gasteiger partial charge is 0.299 e. The minimum atomic E-state index is -0.777. The summed E-state index contributed by atoms with van der Waals surface area (Å²) in [5.41, 5.74) is -1.02. The number of nitro benzene ring substituents is 2. The molecule has 25 heavy (non-hydrogen) atoms. The number of aromatic nitrogens is 2. The fourth-order valence-corrected chi connectivity index (χ4v) is 2.09. The van der Waals surface area contributed by atoms with Gasteiger partial charge in [-0.25, -0.2) is 4.98 Å². The van der Waals surface area contributed by atoms with E-state index in [0.717, 1.165) is 31.2 Å². The molecule has 0 saturated carbocycles. The molecule has 1 aromatic heterocycles. The van der Waals surface area contributed by atoms with Crippen LogP contribution in [0.4, 0.5) is 17.1 Å². The summed E-state index contributed by atoms with van der Waals surface area (Å²) >= 11 is 0. The number of nitrogens with zero attached hydrogens (tertiary/aromatic N) is 4. The van der Waals surface area contributed by atoms with Crippen molar-refractivity contribution in [2.45, 2.75) is 13.0 Å². The van der Waals surface area contributed by atoms with E-state index >= 15 is 0 Å². The molecule has 0 aliphatic rings. The molecule has 11 nitrogen and oxygen atoms in total. The minimum absolute atomic E-state index is 0.0297. The number of nitrogens with one attached hydrogen (secondary N) is 2. The van der Waals surface area contributed by atoms with Crippen molar-refractivity contribution < 1.29 is 14.6 Å². The van der Waals surface area contributed by atoms with Gasteiger partial charge in [0.05, 0.1) is 28.8 Å². The van der Waals surface area contributed by atoms with Crippen LogP contribution in [0.2, 0.25) is 0 Å². The average Bonchev–Trinajstić information content (AvgIpc) is 3.07. The Hall–Kier alpha value is -3.34. The van der Waals surface area contributed by atoms with Gasteiger partial charge in [-0.2, -0.15) is 0 Å². The van der Waals surface area contributed by atoms with Gasteiger partial charge < -0.3 is 15.2 Å². The van der Waals surface area contributed by atoms with Gasteiger partial charge in [-0.3, -0.25) is 25.0 Å². The summed E-state index contributed by atoms with van der Waals surface area (Å²) in [5, 5.41) is 27.0. The third-order valence-electron chi connectivity index (χ3n) is 3.28. The predicted molar refractivity (Wildman–Crippen MR) is 88.1 cm³/mol. The monoisotopic (exact) mass is 348 g/mol. The third-order valence-corrected chi connectivity index (χ3v) is 3.28. The highest BCUT2D eigenvalue weighted by molar-refractivity contribution is 5.94. The second kappa shape index (κ2) is 8.49. The zero-order valence-electron chi connectivity index (χ0n) is 13.1. The largest absolute Gasteiger partial charge is 0.337 e. The van der Waals surface area contributed by atoms with E-state index in [1.807, 2.05) is 10.8 Å². The molecule has 0 bridgehead atoms. The second-order valence-electron chi connectivity index (χ2n) is 5.09. The first-order valence-electron chi connectivity index (χ1n) is 7.36. The van der Waals surface area contributed by atoms with Crippen molar-refractivity contribution in [1.29, 1.82) is 0 Å². The molecule has 2 N–H and O–H groups in total. The van der Waals surface area contributed by atoms with Crippen LogP contribution in [-0.4, -0.2) is 38.4 Å². The fraction of sp³-hybridized carbons (Fsp3) is 0.286. The molecule has 0 aliphatic heterocycles. The van der Waals surface area contributed by atoms with Crippen LogP contribution in [0.5, 0.6) is 0 Å². The molecule has 1 heterocycles. The summed E-state index contributed by atoms with van der Waals surface area (Å²) in [5.74, 6) is -0.473. The van der Waals surface area contributed by atoms with Gasteiger partial charge in [0, 0.05) is 25.0 Å². The Balaban J connectivity index is 1.83. The molecule has 132 valence electrons. The van der Waals surface area contributed by atoms with E-state index in [4.69, 9.17) is 0 Å². The maximum Gasteiger partial charge on any atom is 0.299 e.